The van der Waals surface area contributed by atoms with Crippen molar-refractivity contribution in [3.63, 3.8) is 0 Å². The first kappa shape index (κ1) is 28.8. The molecule has 0 aromatic carbocycles. The Hall–Kier alpha value is -4.74. The molecule has 0 bridgehead atoms. The molecule has 206 valence electrons. The van der Waals surface area contributed by atoms with Gasteiger partial charge in [-0.05, 0) is 38.5 Å². The van der Waals surface area contributed by atoms with Crippen molar-refractivity contribution in [2.75, 3.05) is 13.2 Å². The number of carbonyl (C=O) groups excluding carboxylic acids is 2. The SMILES string of the molecule is CCOC(=O)c1cnn(C)c1COc1cc(C)ccn1.CCOC(=O)c1cnn(C)c1COc1ccccn1. The Morgan fingerprint density at radius 3 is 1.79 bits per heavy atom. The average Bonchev–Trinajstić information content (AvgIpc) is 3.49. The Morgan fingerprint density at radius 2 is 1.31 bits per heavy atom. The van der Waals surface area contributed by atoms with Crippen molar-refractivity contribution in [1.82, 2.24) is 29.5 Å². The van der Waals surface area contributed by atoms with Crippen LogP contribution >= 0.6 is 0 Å². The van der Waals surface area contributed by atoms with E-state index in [4.69, 9.17) is 18.9 Å². The van der Waals surface area contributed by atoms with Gasteiger partial charge in [0.15, 0.2) is 0 Å². The normalized spacial score (nSPS) is 10.3. The van der Waals surface area contributed by atoms with Gasteiger partial charge in [0.1, 0.15) is 24.3 Å². The first-order valence-corrected chi connectivity index (χ1v) is 12.3. The van der Waals surface area contributed by atoms with Crippen LogP contribution in [0.4, 0.5) is 0 Å². The zero-order chi connectivity index (χ0) is 28.2. The van der Waals surface area contributed by atoms with Gasteiger partial charge < -0.3 is 18.9 Å². The third-order valence-electron chi connectivity index (χ3n) is 5.36. The third kappa shape index (κ3) is 8.12. The predicted octanol–water partition coefficient (Wildman–Crippen LogP) is 3.45. The molecular formula is C27H32N6O6. The molecule has 0 fully saturated rings. The van der Waals surface area contributed by atoms with Crippen molar-refractivity contribution in [1.29, 1.82) is 0 Å². The van der Waals surface area contributed by atoms with Gasteiger partial charge in [0, 0.05) is 38.6 Å². The Kier molecular flexibility index (Phi) is 10.5. The maximum Gasteiger partial charge on any atom is 0.341 e. The molecule has 0 aliphatic rings. The maximum absolute atomic E-state index is 11.8. The smallest absolute Gasteiger partial charge is 0.341 e. The summed E-state index contributed by atoms with van der Waals surface area (Å²) in [6.07, 6.45) is 6.29. The molecule has 0 aliphatic carbocycles. The molecule has 0 N–H and O–H groups in total. The first-order valence-electron chi connectivity index (χ1n) is 12.3. The molecule has 12 nitrogen and oxygen atoms in total. The number of esters is 2. The van der Waals surface area contributed by atoms with E-state index in [1.54, 1.807) is 61.8 Å². The molecular weight excluding hydrogens is 504 g/mol. The van der Waals surface area contributed by atoms with Crippen LogP contribution in [0, 0.1) is 6.92 Å². The van der Waals surface area contributed by atoms with Crippen molar-refractivity contribution in [2.45, 2.75) is 34.0 Å². The molecule has 39 heavy (non-hydrogen) atoms. The minimum Gasteiger partial charge on any atom is -0.471 e. The van der Waals surface area contributed by atoms with Gasteiger partial charge in [0.2, 0.25) is 11.8 Å². The van der Waals surface area contributed by atoms with Crippen LogP contribution in [0.2, 0.25) is 0 Å². The second-order valence-electron chi connectivity index (χ2n) is 8.11. The average molecular weight is 537 g/mol. The molecule has 4 heterocycles. The highest BCUT2D eigenvalue weighted by Crippen LogP contribution is 2.15. The van der Waals surface area contributed by atoms with Crippen molar-refractivity contribution in [3.8, 4) is 11.8 Å². The second kappa shape index (κ2) is 14.3. The summed E-state index contributed by atoms with van der Waals surface area (Å²) in [5, 5.41) is 8.11. The number of ether oxygens (including phenoxy) is 4. The van der Waals surface area contributed by atoms with E-state index >= 15 is 0 Å². The van der Waals surface area contributed by atoms with Crippen LogP contribution in [-0.2, 0) is 36.8 Å². The number of hydrogen-bond donors (Lipinski definition) is 0. The van der Waals surface area contributed by atoms with Gasteiger partial charge in [-0.2, -0.15) is 10.2 Å². The summed E-state index contributed by atoms with van der Waals surface area (Å²) in [5.74, 6) is 0.228. The Labute approximate surface area is 226 Å². The molecule has 12 heteroatoms. The Balaban J connectivity index is 0.000000216. The lowest BCUT2D eigenvalue weighted by Gasteiger charge is -2.08. The molecule has 0 unspecified atom stereocenters. The number of pyridine rings is 2. The summed E-state index contributed by atoms with van der Waals surface area (Å²) in [6.45, 7) is 6.56. The first-order chi connectivity index (χ1) is 18.8. The minimum atomic E-state index is -0.393. The molecule has 0 saturated carbocycles. The fourth-order valence-corrected chi connectivity index (χ4v) is 3.33. The van der Waals surface area contributed by atoms with E-state index in [1.807, 2.05) is 25.1 Å². The van der Waals surface area contributed by atoms with Crippen molar-refractivity contribution < 1.29 is 28.5 Å². The number of aryl methyl sites for hydroxylation is 3. The summed E-state index contributed by atoms with van der Waals surface area (Å²) < 4.78 is 24.3. The summed E-state index contributed by atoms with van der Waals surface area (Å²) in [6, 6.07) is 9.11. The molecule has 4 aromatic heterocycles. The summed E-state index contributed by atoms with van der Waals surface area (Å²) in [5.41, 5.74) is 3.21. The van der Waals surface area contributed by atoms with E-state index in [-0.39, 0.29) is 13.2 Å². The van der Waals surface area contributed by atoms with Gasteiger partial charge >= 0.3 is 11.9 Å². The van der Waals surface area contributed by atoms with Gasteiger partial charge in [0.05, 0.1) is 37.0 Å². The molecule has 0 radical (unpaired) electrons. The topological polar surface area (TPSA) is 132 Å². The molecule has 4 aromatic rings. The number of hydrogen-bond acceptors (Lipinski definition) is 10. The van der Waals surface area contributed by atoms with Gasteiger partial charge in [-0.1, -0.05) is 6.07 Å². The standard InChI is InChI=1S/C14H17N3O3.C13H15N3O3/c1-4-19-14(18)11-8-16-17(3)12(11)9-20-13-7-10(2)5-6-15-13;1-3-18-13(17)10-8-15-16(2)11(10)9-19-12-6-4-5-7-14-12/h5-8H,4,9H2,1-3H3;4-8H,3,9H2,1-2H3. The highest BCUT2D eigenvalue weighted by molar-refractivity contribution is 5.90. The molecule has 0 spiro atoms. The van der Waals surface area contributed by atoms with Crippen LogP contribution in [0.25, 0.3) is 0 Å². The Bertz CT molecular complexity index is 1370. The van der Waals surface area contributed by atoms with Crippen molar-refractivity contribution in [2.24, 2.45) is 14.1 Å². The van der Waals surface area contributed by atoms with Crippen LogP contribution in [0.1, 0.15) is 51.5 Å². The van der Waals surface area contributed by atoms with Crippen molar-refractivity contribution in [3.05, 3.63) is 83.2 Å². The number of aromatic nitrogens is 6. The van der Waals surface area contributed by atoms with Gasteiger partial charge in [0.25, 0.3) is 0 Å². The predicted molar refractivity (Wildman–Crippen MR) is 140 cm³/mol. The lowest BCUT2D eigenvalue weighted by atomic mass is 10.2. The lowest BCUT2D eigenvalue weighted by molar-refractivity contribution is 0.0513. The highest BCUT2D eigenvalue weighted by atomic mass is 16.5. The number of carbonyl (C=O) groups is 2. The fourth-order valence-electron chi connectivity index (χ4n) is 3.33. The van der Waals surface area contributed by atoms with Crippen LogP contribution in [0.15, 0.2) is 55.1 Å². The van der Waals surface area contributed by atoms with E-state index in [0.717, 1.165) is 5.56 Å². The second-order valence-corrected chi connectivity index (χ2v) is 8.11. The van der Waals surface area contributed by atoms with Crippen LogP contribution in [-0.4, -0.2) is 54.7 Å². The Morgan fingerprint density at radius 1 is 0.769 bits per heavy atom. The van der Waals surface area contributed by atoms with Crippen molar-refractivity contribution >= 4 is 11.9 Å². The lowest BCUT2D eigenvalue weighted by Crippen LogP contribution is -2.11. The number of nitrogens with zero attached hydrogens (tertiary/aromatic N) is 6. The molecule has 0 aliphatic heterocycles. The van der Waals surface area contributed by atoms with E-state index in [2.05, 4.69) is 20.2 Å². The zero-order valence-electron chi connectivity index (χ0n) is 22.7. The summed E-state index contributed by atoms with van der Waals surface area (Å²) in [7, 11) is 3.50. The summed E-state index contributed by atoms with van der Waals surface area (Å²) in [4.78, 5) is 31.7. The molecule has 0 atom stereocenters. The molecule has 0 amide bonds. The van der Waals surface area contributed by atoms with E-state index in [1.165, 1.54) is 12.4 Å². The van der Waals surface area contributed by atoms with E-state index < -0.39 is 11.9 Å². The van der Waals surface area contributed by atoms with Gasteiger partial charge in [-0.25, -0.2) is 19.6 Å². The molecule has 0 saturated heterocycles. The minimum absolute atomic E-state index is 0.209. The van der Waals surface area contributed by atoms with E-state index in [9.17, 15) is 9.59 Å². The fraction of sp³-hybridized carbons (Fsp3) is 0.333. The van der Waals surface area contributed by atoms with Crippen LogP contribution < -0.4 is 9.47 Å². The summed E-state index contributed by atoms with van der Waals surface area (Å²) >= 11 is 0. The quantitative estimate of drug-likeness (QED) is 0.278. The van der Waals surface area contributed by atoms with Gasteiger partial charge in [-0.3, -0.25) is 9.36 Å². The molecule has 4 rings (SSSR count). The monoisotopic (exact) mass is 536 g/mol. The number of rotatable bonds is 10. The maximum atomic E-state index is 11.8. The largest absolute Gasteiger partial charge is 0.471 e. The van der Waals surface area contributed by atoms with E-state index in [0.29, 0.717) is 47.5 Å². The highest BCUT2D eigenvalue weighted by Gasteiger charge is 2.18. The third-order valence-corrected chi connectivity index (χ3v) is 5.36. The zero-order valence-corrected chi connectivity index (χ0v) is 22.7. The van der Waals surface area contributed by atoms with Crippen LogP contribution in [0.5, 0.6) is 11.8 Å². The van der Waals surface area contributed by atoms with Gasteiger partial charge in [-0.15, -0.1) is 0 Å². The van der Waals surface area contributed by atoms with Crippen LogP contribution in [0.3, 0.4) is 0 Å².